The zero-order valence-electron chi connectivity index (χ0n) is 12.3. The van der Waals surface area contributed by atoms with Gasteiger partial charge < -0.3 is 11.1 Å². The molecule has 0 unspecified atom stereocenters. The molecule has 0 fully saturated rings. The number of anilines is 1. The molecule has 21 heavy (non-hydrogen) atoms. The Labute approximate surface area is 122 Å². The van der Waals surface area contributed by atoms with E-state index in [1.54, 1.807) is 35.1 Å². The summed E-state index contributed by atoms with van der Waals surface area (Å²) >= 11 is 0. The molecule has 3 N–H and O–H groups in total. The number of aryl methyl sites for hydroxylation is 1. The Morgan fingerprint density at radius 1 is 1.29 bits per heavy atom. The maximum atomic E-state index is 12.2. The molecule has 6 heteroatoms. The van der Waals surface area contributed by atoms with Crippen LogP contribution in [0, 0.1) is 6.92 Å². The molecule has 0 saturated carbocycles. The minimum absolute atomic E-state index is 0.187. The average Bonchev–Trinajstić information content (AvgIpc) is 2.90. The van der Waals surface area contributed by atoms with Gasteiger partial charge in [0.2, 0.25) is 5.91 Å². The zero-order chi connectivity index (χ0) is 15.6. The predicted octanol–water partition coefficient (Wildman–Crippen LogP) is 2.12. The molecule has 2 rings (SSSR count). The lowest BCUT2D eigenvalue weighted by Gasteiger charge is -2.09. The first-order valence-electron chi connectivity index (χ1n) is 6.65. The highest BCUT2D eigenvalue weighted by atomic mass is 16.2. The van der Waals surface area contributed by atoms with E-state index in [4.69, 9.17) is 5.73 Å². The summed E-state index contributed by atoms with van der Waals surface area (Å²) in [6, 6.07) is 6.77. The molecule has 2 amide bonds. The van der Waals surface area contributed by atoms with Crippen LogP contribution in [0.3, 0.4) is 0 Å². The van der Waals surface area contributed by atoms with Gasteiger partial charge in [-0.2, -0.15) is 5.10 Å². The maximum Gasteiger partial charge on any atom is 0.276 e. The van der Waals surface area contributed by atoms with Gasteiger partial charge in [-0.3, -0.25) is 14.3 Å². The first-order chi connectivity index (χ1) is 9.88. The molecule has 0 aliphatic heterocycles. The van der Waals surface area contributed by atoms with Crippen LogP contribution in [0.4, 0.5) is 5.69 Å². The number of hydrogen-bond donors (Lipinski definition) is 2. The van der Waals surface area contributed by atoms with Gasteiger partial charge in [0.25, 0.3) is 5.91 Å². The third-order valence-corrected chi connectivity index (χ3v) is 3.14. The summed E-state index contributed by atoms with van der Waals surface area (Å²) in [5.41, 5.74) is 7.32. The van der Waals surface area contributed by atoms with Gasteiger partial charge in [-0.05, 0) is 44.5 Å². The molecule has 2 aromatic rings. The smallest absolute Gasteiger partial charge is 0.276 e. The summed E-state index contributed by atoms with van der Waals surface area (Å²) < 4.78 is 1.71. The van der Waals surface area contributed by atoms with Crippen LogP contribution in [-0.2, 0) is 0 Å². The van der Waals surface area contributed by atoms with E-state index in [0.717, 1.165) is 5.56 Å². The van der Waals surface area contributed by atoms with Gasteiger partial charge >= 0.3 is 0 Å². The fraction of sp³-hybridized carbons (Fsp3) is 0.267. The fourth-order valence-corrected chi connectivity index (χ4v) is 1.84. The van der Waals surface area contributed by atoms with Crippen LogP contribution in [0.15, 0.2) is 30.5 Å². The van der Waals surface area contributed by atoms with Gasteiger partial charge in [-0.15, -0.1) is 0 Å². The second-order valence-corrected chi connectivity index (χ2v) is 5.12. The van der Waals surface area contributed by atoms with Crippen molar-refractivity contribution < 1.29 is 9.59 Å². The standard InChI is InChI=1S/C15H18N4O2/c1-9(2)19-7-6-12(18-19)15(21)17-13-8-11(14(16)20)5-4-10(13)3/h4-9H,1-3H3,(H2,16,20)(H,17,21). The Morgan fingerprint density at radius 3 is 2.57 bits per heavy atom. The number of carbonyl (C=O) groups excluding carboxylic acids is 2. The van der Waals surface area contributed by atoms with Gasteiger partial charge in [-0.1, -0.05) is 6.07 Å². The summed E-state index contributed by atoms with van der Waals surface area (Å²) in [5.74, 6) is -0.853. The number of aromatic nitrogens is 2. The highest BCUT2D eigenvalue weighted by Gasteiger charge is 2.13. The molecule has 1 heterocycles. The second-order valence-electron chi connectivity index (χ2n) is 5.12. The zero-order valence-corrected chi connectivity index (χ0v) is 12.3. The maximum absolute atomic E-state index is 12.2. The van der Waals surface area contributed by atoms with Crippen LogP contribution >= 0.6 is 0 Å². The molecule has 6 nitrogen and oxygen atoms in total. The highest BCUT2D eigenvalue weighted by Crippen LogP contribution is 2.17. The summed E-state index contributed by atoms with van der Waals surface area (Å²) in [6.45, 7) is 5.80. The molecule has 0 spiro atoms. The first-order valence-corrected chi connectivity index (χ1v) is 6.65. The van der Waals surface area contributed by atoms with Gasteiger partial charge in [0.15, 0.2) is 5.69 Å². The van der Waals surface area contributed by atoms with E-state index in [1.807, 2.05) is 20.8 Å². The number of rotatable bonds is 4. The minimum Gasteiger partial charge on any atom is -0.366 e. The first kappa shape index (κ1) is 14.8. The lowest BCUT2D eigenvalue weighted by molar-refractivity contribution is 0.0995. The third-order valence-electron chi connectivity index (χ3n) is 3.14. The molecular weight excluding hydrogens is 268 g/mol. The van der Waals surface area contributed by atoms with E-state index < -0.39 is 5.91 Å². The van der Waals surface area contributed by atoms with E-state index in [-0.39, 0.29) is 11.9 Å². The van der Waals surface area contributed by atoms with E-state index in [1.165, 1.54) is 0 Å². The molecule has 0 saturated heterocycles. The van der Waals surface area contributed by atoms with Gasteiger partial charge in [-0.25, -0.2) is 0 Å². The number of hydrogen-bond acceptors (Lipinski definition) is 3. The van der Waals surface area contributed by atoms with Gasteiger partial charge in [0.1, 0.15) is 0 Å². The topological polar surface area (TPSA) is 90.0 Å². The minimum atomic E-state index is -0.533. The molecule has 0 bridgehead atoms. The Balaban J connectivity index is 2.22. The molecule has 0 aliphatic rings. The van der Waals surface area contributed by atoms with Crippen LogP contribution < -0.4 is 11.1 Å². The van der Waals surface area contributed by atoms with Crippen LogP contribution in [0.5, 0.6) is 0 Å². The van der Waals surface area contributed by atoms with Crippen molar-refractivity contribution in [2.45, 2.75) is 26.8 Å². The van der Waals surface area contributed by atoms with Crippen molar-refractivity contribution in [1.82, 2.24) is 9.78 Å². The third kappa shape index (κ3) is 3.28. The van der Waals surface area contributed by atoms with Crippen molar-refractivity contribution in [2.75, 3.05) is 5.32 Å². The van der Waals surface area contributed by atoms with Crippen molar-refractivity contribution in [2.24, 2.45) is 5.73 Å². The number of benzene rings is 1. The largest absolute Gasteiger partial charge is 0.366 e. The molecule has 0 radical (unpaired) electrons. The number of carbonyl (C=O) groups is 2. The average molecular weight is 286 g/mol. The van der Waals surface area contributed by atoms with Crippen LogP contribution in [0.25, 0.3) is 0 Å². The molecular formula is C15H18N4O2. The van der Waals surface area contributed by atoms with E-state index in [2.05, 4.69) is 10.4 Å². The number of primary amides is 1. The van der Waals surface area contributed by atoms with Crippen molar-refractivity contribution in [3.63, 3.8) is 0 Å². The van der Waals surface area contributed by atoms with Crippen molar-refractivity contribution in [3.05, 3.63) is 47.3 Å². The van der Waals surface area contributed by atoms with Crippen LogP contribution in [0.1, 0.15) is 46.3 Å². The van der Waals surface area contributed by atoms with Crippen LogP contribution in [-0.4, -0.2) is 21.6 Å². The van der Waals surface area contributed by atoms with Crippen molar-refractivity contribution in [3.8, 4) is 0 Å². The number of amides is 2. The molecule has 110 valence electrons. The lowest BCUT2D eigenvalue weighted by atomic mass is 10.1. The summed E-state index contributed by atoms with van der Waals surface area (Å²) in [7, 11) is 0. The van der Waals surface area contributed by atoms with E-state index in [0.29, 0.717) is 16.9 Å². The SMILES string of the molecule is Cc1ccc(C(N)=O)cc1NC(=O)c1ccn(C(C)C)n1. The summed E-state index contributed by atoms with van der Waals surface area (Å²) in [4.78, 5) is 23.4. The van der Waals surface area contributed by atoms with Crippen molar-refractivity contribution >= 4 is 17.5 Å². The van der Waals surface area contributed by atoms with Crippen molar-refractivity contribution in [1.29, 1.82) is 0 Å². The lowest BCUT2D eigenvalue weighted by Crippen LogP contribution is -2.16. The normalized spacial score (nSPS) is 10.7. The number of nitrogens with one attached hydrogen (secondary N) is 1. The molecule has 0 atom stereocenters. The quantitative estimate of drug-likeness (QED) is 0.902. The van der Waals surface area contributed by atoms with Crippen LogP contribution in [0.2, 0.25) is 0 Å². The fourth-order valence-electron chi connectivity index (χ4n) is 1.84. The van der Waals surface area contributed by atoms with Gasteiger partial charge in [0, 0.05) is 23.5 Å². The predicted molar refractivity (Wildman–Crippen MR) is 80.3 cm³/mol. The molecule has 0 aliphatic carbocycles. The van der Waals surface area contributed by atoms with Gasteiger partial charge in [0.05, 0.1) is 0 Å². The number of nitrogens with zero attached hydrogens (tertiary/aromatic N) is 2. The summed E-state index contributed by atoms with van der Waals surface area (Å²) in [5, 5.41) is 6.96. The monoisotopic (exact) mass is 286 g/mol. The molecule has 1 aromatic heterocycles. The Hall–Kier alpha value is -2.63. The highest BCUT2D eigenvalue weighted by molar-refractivity contribution is 6.04. The number of nitrogens with two attached hydrogens (primary N) is 1. The second kappa shape index (κ2) is 5.78. The Morgan fingerprint density at radius 2 is 2.00 bits per heavy atom. The Kier molecular flexibility index (Phi) is 4.07. The molecule has 1 aromatic carbocycles. The Bertz CT molecular complexity index is 689. The van der Waals surface area contributed by atoms with E-state index in [9.17, 15) is 9.59 Å². The van der Waals surface area contributed by atoms with E-state index >= 15 is 0 Å². The summed E-state index contributed by atoms with van der Waals surface area (Å²) in [6.07, 6.45) is 1.76.